The number of ether oxygens (including phenoxy) is 1. The summed E-state index contributed by atoms with van der Waals surface area (Å²) in [6.07, 6.45) is 0. The van der Waals surface area contributed by atoms with Gasteiger partial charge in [0.1, 0.15) is 0 Å². The number of nitrogens with two attached hydrogens (primary N) is 2. The molecule has 0 aliphatic heterocycles. The average molecular weight is 280 g/mol. The Labute approximate surface area is 117 Å². The van der Waals surface area contributed by atoms with E-state index < -0.39 is 5.91 Å². The van der Waals surface area contributed by atoms with E-state index >= 15 is 0 Å². The number of amides is 2. The molecule has 0 aliphatic rings. The summed E-state index contributed by atoms with van der Waals surface area (Å²) in [5.41, 5.74) is 12.2. The normalized spacial score (nSPS) is 10.1. The summed E-state index contributed by atoms with van der Waals surface area (Å²) in [6.45, 7) is 0.991. The van der Waals surface area contributed by atoms with Crippen molar-refractivity contribution in [1.82, 2.24) is 5.32 Å². The first-order valence-electron chi connectivity index (χ1n) is 6.11. The first kappa shape index (κ1) is 15.8. The lowest BCUT2D eigenvalue weighted by molar-refractivity contribution is -0.119. The number of carbonyl (C=O) groups is 2. The molecule has 1 rings (SSSR count). The zero-order valence-corrected chi connectivity index (χ0v) is 11.7. The van der Waals surface area contributed by atoms with E-state index in [4.69, 9.17) is 16.2 Å². The minimum absolute atomic E-state index is 0.105. The number of nitrogens with zero attached hydrogens (tertiary/aromatic N) is 1. The molecule has 0 aliphatic carbocycles. The summed E-state index contributed by atoms with van der Waals surface area (Å²) < 4.78 is 4.84. The van der Waals surface area contributed by atoms with Gasteiger partial charge in [0, 0.05) is 32.1 Å². The highest BCUT2D eigenvalue weighted by molar-refractivity contribution is 6.00. The Kier molecular flexibility index (Phi) is 5.79. The number of benzene rings is 1. The number of methoxy groups -OCH3 is 1. The topological polar surface area (TPSA) is 111 Å². The van der Waals surface area contributed by atoms with Crippen LogP contribution in [0.15, 0.2) is 18.2 Å². The van der Waals surface area contributed by atoms with Crippen LogP contribution in [-0.2, 0) is 9.53 Å². The molecular formula is C13H20N4O3. The molecule has 2 amide bonds. The highest BCUT2D eigenvalue weighted by Gasteiger charge is 2.14. The van der Waals surface area contributed by atoms with Gasteiger partial charge in [0.05, 0.1) is 18.7 Å². The summed E-state index contributed by atoms with van der Waals surface area (Å²) in [7, 11) is 3.26. The van der Waals surface area contributed by atoms with Crippen molar-refractivity contribution >= 4 is 23.2 Å². The van der Waals surface area contributed by atoms with Gasteiger partial charge in [-0.05, 0) is 18.2 Å². The number of likely N-dealkylation sites (N-methyl/N-ethyl adjacent to an activating group) is 1. The van der Waals surface area contributed by atoms with Crippen molar-refractivity contribution in [2.24, 2.45) is 5.73 Å². The molecule has 0 heterocycles. The fraction of sp³-hybridized carbons (Fsp3) is 0.385. The van der Waals surface area contributed by atoms with Gasteiger partial charge >= 0.3 is 0 Å². The second-order valence-electron chi connectivity index (χ2n) is 4.34. The van der Waals surface area contributed by atoms with Gasteiger partial charge in [0.15, 0.2) is 0 Å². The molecule has 0 aromatic heterocycles. The number of primary amides is 1. The van der Waals surface area contributed by atoms with Crippen LogP contribution < -0.4 is 21.7 Å². The molecule has 0 saturated heterocycles. The zero-order valence-electron chi connectivity index (χ0n) is 11.7. The van der Waals surface area contributed by atoms with Crippen molar-refractivity contribution in [2.75, 3.05) is 44.5 Å². The number of anilines is 2. The molecule has 7 heteroatoms. The Balaban J connectivity index is 2.74. The van der Waals surface area contributed by atoms with E-state index in [1.807, 2.05) is 0 Å². The average Bonchev–Trinajstić information content (AvgIpc) is 2.38. The lowest BCUT2D eigenvalue weighted by Gasteiger charge is -2.21. The third-order valence-electron chi connectivity index (χ3n) is 2.71. The van der Waals surface area contributed by atoms with Gasteiger partial charge in [-0.15, -0.1) is 0 Å². The van der Waals surface area contributed by atoms with Gasteiger partial charge in [0.2, 0.25) is 5.91 Å². The molecule has 1 aromatic carbocycles. The predicted octanol–water partition coefficient (Wildman–Crippen LogP) is -0.433. The third kappa shape index (κ3) is 4.43. The molecule has 0 bridgehead atoms. The van der Waals surface area contributed by atoms with E-state index in [0.29, 0.717) is 24.5 Å². The van der Waals surface area contributed by atoms with Crippen molar-refractivity contribution < 1.29 is 14.3 Å². The van der Waals surface area contributed by atoms with Crippen LogP contribution in [0.25, 0.3) is 0 Å². The van der Waals surface area contributed by atoms with Crippen molar-refractivity contribution in [3.05, 3.63) is 23.8 Å². The second-order valence-corrected chi connectivity index (χ2v) is 4.34. The van der Waals surface area contributed by atoms with E-state index in [9.17, 15) is 9.59 Å². The largest absolute Gasteiger partial charge is 0.399 e. The highest BCUT2D eigenvalue weighted by atomic mass is 16.5. The van der Waals surface area contributed by atoms with E-state index in [1.54, 1.807) is 31.2 Å². The van der Waals surface area contributed by atoms with Crippen molar-refractivity contribution in [3.63, 3.8) is 0 Å². The Morgan fingerprint density at radius 2 is 2.10 bits per heavy atom. The third-order valence-corrected chi connectivity index (χ3v) is 2.71. The maximum Gasteiger partial charge on any atom is 0.250 e. The summed E-state index contributed by atoms with van der Waals surface area (Å²) in [4.78, 5) is 24.7. The summed E-state index contributed by atoms with van der Waals surface area (Å²) in [5.74, 6) is -0.754. The SMILES string of the molecule is COCCNC(=O)CN(C)c1ccc(N)cc1C(N)=O. The molecule has 5 N–H and O–H groups in total. The lowest BCUT2D eigenvalue weighted by Crippen LogP contribution is -2.37. The number of hydrogen-bond donors (Lipinski definition) is 3. The molecule has 0 saturated carbocycles. The maximum atomic E-state index is 11.7. The highest BCUT2D eigenvalue weighted by Crippen LogP contribution is 2.21. The first-order valence-corrected chi connectivity index (χ1v) is 6.11. The lowest BCUT2D eigenvalue weighted by atomic mass is 10.1. The van der Waals surface area contributed by atoms with Crippen molar-refractivity contribution in [2.45, 2.75) is 0 Å². The molecule has 1 aromatic rings. The monoisotopic (exact) mass is 280 g/mol. The molecule has 0 unspecified atom stereocenters. The quantitative estimate of drug-likeness (QED) is 0.463. The first-order chi connectivity index (χ1) is 9.45. The van der Waals surface area contributed by atoms with E-state index in [1.165, 1.54) is 6.07 Å². The summed E-state index contributed by atoms with van der Waals surface area (Å²) in [6, 6.07) is 4.82. The van der Waals surface area contributed by atoms with Gasteiger partial charge < -0.3 is 26.4 Å². The number of carbonyl (C=O) groups excluding carboxylic acids is 2. The van der Waals surface area contributed by atoms with Crippen LogP contribution in [0.4, 0.5) is 11.4 Å². The predicted molar refractivity (Wildman–Crippen MR) is 77.5 cm³/mol. The van der Waals surface area contributed by atoms with Crippen LogP contribution >= 0.6 is 0 Å². The van der Waals surface area contributed by atoms with Crippen LogP contribution in [-0.4, -0.2) is 45.7 Å². The van der Waals surface area contributed by atoms with Gasteiger partial charge in [-0.25, -0.2) is 0 Å². The minimum atomic E-state index is -0.584. The molecule has 110 valence electrons. The minimum Gasteiger partial charge on any atom is -0.399 e. The smallest absolute Gasteiger partial charge is 0.250 e. The molecule has 0 spiro atoms. The van der Waals surface area contributed by atoms with Gasteiger partial charge in [-0.3, -0.25) is 9.59 Å². The Hall–Kier alpha value is -2.28. The number of hydrogen-bond acceptors (Lipinski definition) is 5. The van der Waals surface area contributed by atoms with Crippen molar-refractivity contribution in [1.29, 1.82) is 0 Å². The second kappa shape index (κ2) is 7.34. The van der Waals surface area contributed by atoms with Crippen LogP contribution in [0.2, 0.25) is 0 Å². The molecule has 0 radical (unpaired) electrons. The number of nitrogen functional groups attached to an aromatic ring is 1. The van der Waals surface area contributed by atoms with E-state index in [0.717, 1.165) is 0 Å². The molecular weight excluding hydrogens is 260 g/mol. The standard InChI is InChI=1S/C13H20N4O3/c1-17(8-12(18)16-5-6-20-2)11-4-3-9(14)7-10(11)13(15)19/h3-4,7H,5-6,8,14H2,1-2H3,(H2,15,19)(H,16,18). The number of rotatable bonds is 7. The number of nitrogens with one attached hydrogen (secondary N) is 1. The van der Waals surface area contributed by atoms with E-state index in [2.05, 4.69) is 5.32 Å². The molecule has 7 nitrogen and oxygen atoms in total. The van der Waals surface area contributed by atoms with Crippen molar-refractivity contribution in [3.8, 4) is 0 Å². The van der Waals surface area contributed by atoms with Crippen LogP contribution in [0.1, 0.15) is 10.4 Å². The van der Waals surface area contributed by atoms with E-state index in [-0.39, 0.29) is 18.0 Å². The van der Waals surface area contributed by atoms with Gasteiger partial charge in [0.25, 0.3) is 5.91 Å². The Morgan fingerprint density at radius 3 is 2.70 bits per heavy atom. The van der Waals surface area contributed by atoms with Gasteiger partial charge in [-0.1, -0.05) is 0 Å². The molecule has 0 fully saturated rings. The van der Waals surface area contributed by atoms with Crippen LogP contribution in [0.3, 0.4) is 0 Å². The maximum absolute atomic E-state index is 11.7. The summed E-state index contributed by atoms with van der Waals surface area (Å²) >= 11 is 0. The van der Waals surface area contributed by atoms with Gasteiger partial charge in [-0.2, -0.15) is 0 Å². The fourth-order valence-corrected chi connectivity index (χ4v) is 1.73. The van der Waals surface area contributed by atoms with Crippen LogP contribution in [0.5, 0.6) is 0 Å². The molecule has 20 heavy (non-hydrogen) atoms. The molecule has 0 atom stereocenters. The Morgan fingerprint density at radius 1 is 1.40 bits per heavy atom. The zero-order chi connectivity index (χ0) is 15.1. The summed E-state index contributed by atoms with van der Waals surface area (Å²) in [5, 5.41) is 2.70. The van der Waals surface area contributed by atoms with Crippen LogP contribution in [0, 0.1) is 0 Å². The Bertz CT molecular complexity index is 491. The fourth-order valence-electron chi connectivity index (χ4n) is 1.73.